The van der Waals surface area contributed by atoms with E-state index in [1.165, 1.54) is 18.3 Å². The highest BCUT2D eigenvalue weighted by atomic mass is 79.9. The zero-order valence-electron chi connectivity index (χ0n) is 17.5. The third kappa shape index (κ3) is 4.04. The summed E-state index contributed by atoms with van der Waals surface area (Å²) in [4.78, 5) is 14.0. The van der Waals surface area contributed by atoms with Crippen LogP contribution in [0.5, 0.6) is 0 Å². The fraction of sp³-hybridized carbons (Fsp3) is 0.286. The molecule has 34 heavy (non-hydrogen) atoms. The van der Waals surface area contributed by atoms with Gasteiger partial charge in [-0.25, -0.2) is 8.91 Å². The lowest BCUT2D eigenvalue weighted by atomic mass is 9.80. The first-order valence-corrected chi connectivity index (χ1v) is 11.0. The van der Waals surface area contributed by atoms with Crippen LogP contribution in [0, 0.1) is 18.7 Å². The first-order valence-electron chi connectivity index (χ1n) is 10.2. The molecule has 3 heterocycles. The Hall–Kier alpha value is -3.35. The minimum Gasteiger partial charge on any atom is -0.322 e. The van der Waals surface area contributed by atoms with E-state index in [1.54, 1.807) is 29.8 Å². The van der Waals surface area contributed by atoms with E-state index >= 15 is 0 Å². The third-order valence-electron chi connectivity index (χ3n) is 5.86. The van der Waals surface area contributed by atoms with E-state index in [0.717, 1.165) is 9.27 Å². The van der Waals surface area contributed by atoms with Crippen LogP contribution in [0.3, 0.4) is 0 Å². The van der Waals surface area contributed by atoms with Crippen LogP contribution in [-0.4, -0.2) is 41.9 Å². The number of carbonyl (C=O) groups is 1. The number of halogens is 5. The fourth-order valence-corrected chi connectivity index (χ4v) is 4.16. The van der Waals surface area contributed by atoms with Gasteiger partial charge < -0.3 is 5.32 Å². The molecular formula is C21H16BrF4N7O. The zero-order valence-corrected chi connectivity index (χ0v) is 19.1. The summed E-state index contributed by atoms with van der Waals surface area (Å²) in [6.45, 7) is 1.63. The van der Waals surface area contributed by atoms with E-state index in [-0.39, 0.29) is 24.2 Å². The van der Waals surface area contributed by atoms with Crippen molar-refractivity contribution in [3.05, 3.63) is 58.1 Å². The molecule has 8 nitrogen and oxygen atoms in total. The molecule has 3 aromatic heterocycles. The number of carbonyl (C=O) groups excluding carboxylic acids is 1. The number of anilines is 1. The molecule has 0 atom stereocenters. The summed E-state index contributed by atoms with van der Waals surface area (Å²) >= 11 is 3.36. The molecule has 0 spiro atoms. The Morgan fingerprint density at radius 1 is 1.24 bits per heavy atom. The molecule has 0 saturated heterocycles. The lowest BCUT2D eigenvalue weighted by Gasteiger charge is -2.35. The number of nitrogens with zero attached hydrogens (tertiary/aromatic N) is 6. The Bertz CT molecular complexity index is 1410. The number of benzene rings is 1. The summed E-state index contributed by atoms with van der Waals surface area (Å²) < 4.78 is 55.3. The normalized spacial score (nSPS) is 18.2. The van der Waals surface area contributed by atoms with Crippen molar-refractivity contribution in [2.24, 2.45) is 5.92 Å². The van der Waals surface area contributed by atoms with Crippen LogP contribution in [-0.2, 0) is 0 Å². The van der Waals surface area contributed by atoms with Gasteiger partial charge in [0, 0.05) is 16.4 Å². The molecule has 0 bridgehead atoms. The number of aromatic nitrogens is 6. The average molecular weight is 538 g/mol. The number of hydrogen-bond acceptors (Lipinski definition) is 5. The standard InChI is InChI=1S/C21H16BrF4N7O/c1-10-4-16(23)14(19-29-31-33(30-19)13-5-11(6-13)21(24,25)26)8-17(10)28-20(34)15-9-27-32-3-2-12(22)7-18(15)32/h2-4,7-9,11,13H,5-6H2,1H3,(H,28,34). The van der Waals surface area contributed by atoms with Gasteiger partial charge in [0.15, 0.2) is 0 Å². The third-order valence-corrected chi connectivity index (χ3v) is 6.36. The second kappa shape index (κ2) is 8.15. The lowest BCUT2D eigenvalue weighted by molar-refractivity contribution is -0.203. The van der Waals surface area contributed by atoms with E-state index < -0.39 is 29.9 Å². The number of amides is 1. The molecule has 1 saturated carbocycles. The number of aryl methyl sites for hydroxylation is 1. The number of fused-ring (bicyclic) bond motifs is 1. The Labute approximate surface area is 198 Å². The maximum absolute atomic E-state index is 14.7. The predicted octanol–water partition coefficient (Wildman–Crippen LogP) is 4.96. The first kappa shape index (κ1) is 22.4. The van der Waals surface area contributed by atoms with Crippen molar-refractivity contribution in [1.82, 2.24) is 29.8 Å². The van der Waals surface area contributed by atoms with Crippen LogP contribution < -0.4 is 5.32 Å². The highest BCUT2D eigenvalue weighted by Crippen LogP contribution is 2.46. The number of alkyl halides is 3. The van der Waals surface area contributed by atoms with Crippen molar-refractivity contribution >= 4 is 33.0 Å². The quantitative estimate of drug-likeness (QED) is 0.371. The van der Waals surface area contributed by atoms with Gasteiger partial charge in [0.2, 0.25) is 5.82 Å². The topological polar surface area (TPSA) is 90.0 Å². The minimum absolute atomic E-state index is 0.0264. The van der Waals surface area contributed by atoms with Crippen LogP contribution in [0.1, 0.15) is 34.8 Å². The lowest BCUT2D eigenvalue weighted by Crippen LogP contribution is -2.37. The molecule has 4 aromatic rings. The average Bonchev–Trinajstić information content (AvgIpc) is 3.35. The molecule has 13 heteroatoms. The number of nitrogens with one attached hydrogen (secondary N) is 1. The molecule has 0 unspecified atom stereocenters. The Morgan fingerprint density at radius 3 is 2.74 bits per heavy atom. The summed E-state index contributed by atoms with van der Waals surface area (Å²) in [6.07, 6.45) is -1.42. The van der Waals surface area contributed by atoms with Gasteiger partial charge in [0.25, 0.3) is 5.91 Å². The van der Waals surface area contributed by atoms with E-state index in [9.17, 15) is 22.4 Å². The van der Waals surface area contributed by atoms with Crippen LogP contribution in [0.2, 0.25) is 0 Å². The van der Waals surface area contributed by atoms with Crippen LogP contribution in [0.25, 0.3) is 16.9 Å². The molecule has 1 aliphatic rings. The van der Waals surface area contributed by atoms with E-state index in [1.807, 2.05) is 0 Å². The van der Waals surface area contributed by atoms with Crippen molar-refractivity contribution in [3.63, 3.8) is 0 Å². The van der Waals surface area contributed by atoms with Gasteiger partial charge in [-0.1, -0.05) is 15.9 Å². The SMILES string of the molecule is Cc1cc(F)c(-c2nnn(C3CC(C(F)(F)F)C3)n2)cc1NC(=O)c1cnn2ccc(Br)cc12. The molecule has 0 radical (unpaired) electrons. The van der Waals surface area contributed by atoms with Gasteiger partial charge in [-0.05, 0) is 54.8 Å². The van der Waals surface area contributed by atoms with Crippen LogP contribution in [0.15, 0.2) is 41.1 Å². The molecule has 1 N–H and O–H groups in total. The number of hydrogen-bond donors (Lipinski definition) is 1. The molecule has 5 rings (SSSR count). The smallest absolute Gasteiger partial charge is 0.322 e. The first-order chi connectivity index (χ1) is 16.1. The monoisotopic (exact) mass is 537 g/mol. The largest absolute Gasteiger partial charge is 0.391 e. The summed E-state index contributed by atoms with van der Waals surface area (Å²) in [5.41, 5.74) is 1.66. The van der Waals surface area contributed by atoms with Crippen LogP contribution in [0.4, 0.5) is 23.2 Å². The Morgan fingerprint density at radius 2 is 2.00 bits per heavy atom. The Kier molecular flexibility index (Phi) is 5.38. The molecule has 1 aromatic carbocycles. The summed E-state index contributed by atoms with van der Waals surface area (Å²) in [5, 5.41) is 18.6. The summed E-state index contributed by atoms with van der Waals surface area (Å²) in [5.74, 6) is -2.57. The predicted molar refractivity (Wildman–Crippen MR) is 117 cm³/mol. The number of pyridine rings is 1. The van der Waals surface area contributed by atoms with Gasteiger partial charge in [0.05, 0.1) is 34.8 Å². The van der Waals surface area contributed by atoms with Gasteiger partial charge in [-0.2, -0.15) is 23.1 Å². The highest BCUT2D eigenvalue weighted by Gasteiger charge is 2.49. The maximum atomic E-state index is 14.7. The fourth-order valence-electron chi connectivity index (χ4n) is 3.83. The maximum Gasteiger partial charge on any atom is 0.391 e. The second-order valence-electron chi connectivity index (χ2n) is 8.13. The van der Waals surface area contributed by atoms with E-state index in [2.05, 4.69) is 41.8 Å². The minimum atomic E-state index is -4.26. The van der Waals surface area contributed by atoms with Crippen molar-refractivity contribution in [2.75, 3.05) is 5.32 Å². The van der Waals surface area contributed by atoms with Gasteiger partial charge in [0.1, 0.15) is 5.82 Å². The van der Waals surface area contributed by atoms with E-state index in [0.29, 0.717) is 22.3 Å². The van der Waals surface area contributed by atoms with Crippen LogP contribution >= 0.6 is 15.9 Å². The molecule has 176 valence electrons. The van der Waals surface area contributed by atoms with Gasteiger partial charge >= 0.3 is 6.18 Å². The number of tetrazole rings is 1. The van der Waals surface area contributed by atoms with Gasteiger partial charge in [-0.3, -0.25) is 4.79 Å². The molecule has 1 aliphatic carbocycles. The van der Waals surface area contributed by atoms with Crippen molar-refractivity contribution in [3.8, 4) is 11.4 Å². The highest BCUT2D eigenvalue weighted by molar-refractivity contribution is 9.10. The molecule has 1 amide bonds. The van der Waals surface area contributed by atoms with E-state index in [4.69, 9.17) is 0 Å². The summed E-state index contributed by atoms with van der Waals surface area (Å²) in [7, 11) is 0. The van der Waals surface area contributed by atoms with Crippen molar-refractivity contribution < 1.29 is 22.4 Å². The zero-order chi connectivity index (χ0) is 24.2. The molecule has 0 aliphatic heterocycles. The van der Waals surface area contributed by atoms with Crippen molar-refractivity contribution in [1.29, 1.82) is 0 Å². The second-order valence-corrected chi connectivity index (χ2v) is 9.05. The molecule has 1 fully saturated rings. The van der Waals surface area contributed by atoms with Crippen molar-refractivity contribution in [2.45, 2.75) is 32.0 Å². The summed E-state index contributed by atoms with van der Waals surface area (Å²) in [6, 6.07) is 5.59. The number of rotatable bonds is 4. The molecular weight excluding hydrogens is 522 g/mol. The van der Waals surface area contributed by atoms with Gasteiger partial charge in [-0.15, -0.1) is 10.2 Å². The Balaban J connectivity index is 1.39.